The summed E-state index contributed by atoms with van der Waals surface area (Å²) in [5.74, 6) is 3.27. The van der Waals surface area contributed by atoms with Crippen molar-refractivity contribution >= 4 is 0 Å². The summed E-state index contributed by atoms with van der Waals surface area (Å²) in [5.41, 5.74) is 0. The standard InChI is InChI=1S/C11H16O3/c1-3-4-9-14-11(2)6-10-13-8-5-7-12/h1,5-6,8,12H,4,7,9-10H2,2H3/b8-5+,11-6+. The van der Waals surface area contributed by atoms with Gasteiger partial charge in [-0.25, -0.2) is 0 Å². The van der Waals surface area contributed by atoms with E-state index in [4.69, 9.17) is 21.0 Å². The number of hydrogen-bond donors (Lipinski definition) is 1. The summed E-state index contributed by atoms with van der Waals surface area (Å²) < 4.78 is 10.3. The first kappa shape index (κ1) is 12.6. The van der Waals surface area contributed by atoms with Crippen molar-refractivity contribution in [1.29, 1.82) is 0 Å². The van der Waals surface area contributed by atoms with Gasteiger partial charge in [0.05, 0.1) is 25.2 Å². The van der Waals surface area contributed by atoms with Gasteiger partial charge in [0.25, 0.3) is 0 Å². The molecule has 0 radical (unpaired) electrons. The SMILES string of the molecule is C#CCCO/C(C)=C/CO/C=C/CO. The van der Waals surface area contributed by atoms with Crippen LogP contribution in [0.3, 0.4) is 0 Å². The molecule has 3 nitrogen and oxygen atoms in total. The Morgan fingerprint density at radius 1 is 1.57 bits per heavy atom. The Morgan fingerprint density at radius 2 is 2.36 bits per heavy atom. The number of terminal acetylenes is 1. The van der Waals surface area contributed by atoms with Crippen molar-refractivity contribution in [1.82, 2.24) is 0 Å². The molecule has 0 aliphatic heterocycles. The van der Waals surface area contributed by atoms with Crippen LogP contribution in [0.15, 0.2) is 24.2 Å². The van der Waals surface area contributed by atoms with E-state index in [0.717, 1.165) is 5.76 Å². The highest BCUT2D eigenvalue weighted by molar-refractivity contribution is 4.90. The number of allylic oxidation sites excluding steroid dienone is 1. The molecule has 0 aromatic carbocycles. The smallest absolute Gasteiger partial charge is 0.109 e. The molecule has 0 aromatic rings. The highest BCUT2D eigenvalue weighted by Gasteiger charge is 1.87. The Bertz CT molecular complexity index is 223. The van der Waals surface area contributed by atoms with Gasteiger partial charge in [0.1, 0.15) is 6.61 Å². The van der Waals surface area contributed by atoms with Crippen LogP contribution in [0.25, 0.3) is 0 Å². The predicted octanol–water partition coefficient (Wildman–Crippen LogP) is 1.45. The summed E-state index contributed by atoms with van der Waals surface area (Å²) >= 11 is 0. The number of rotatable bonds is 7. The molecule has 0 saturated heterocycles. The van der Waals surface area contributed by atoms with E-state index in [9.17, 15) is 0 Å². The summed E-state index contributed by atoms with van der Waals surface area (Å²) in [6, 6.07) is 0. The minimum atomic E-state index is -0.0125. The van der Waals surface area contributed by atoms with Gasteiger partial charge in [-0.15, -0.1) is 12.3 Å². The van der Waals surface area contributed by atoms with Gasteiger partial charge in [0.15, 0.2) is 0 Å². The van der Waals surface area contributed by atoms with Crippen molar-refractivity contribution in [2.24, 2.45) is 0 Å². The average Bonchev–Trinajstić information content (AvgIpc) is 2.18. The number of aliphatic hydroxyl groups is 1. The number of ether oxygens (including phenoxy) is 2. The summed E-state index contributed by atoms with van der Waals surface area (Å²) in [4.78, 5) is 0. The van der Waals surface area contributed by atoms with E-state index >= 15 is 0 Å². The van der Waals surface area contributed by atoms with E-state index in [1.54, 1.807) is 6.08 Å². The van der Waals surface area contributed by atoms with Crippen molar-refractivity contribution in [3.63, 3.8) is 0 Å². The monoisotopic (exact) mass is 196 g/mol. The van der Waals surface area contributed by atoms with Crippen LogP contribution in [0.1, 0.15) is 13.3 Å². The highest BCUT2D eigenvalue weighted by atomic mass is 16.5. The Morgan fingerprint density at radius 3 is 3.00 bits per heavy atom. The lowest BCUT2D eigenvalue weighted by Gasteiger charge is -2.03. The lowest BCUT2D eigenvalue weighted by Crippen LogP contribution is -1.92. The fraction of sp³-hybridized carbons (Fsp3) is 0.455. The van der Waals surface area contributed by atoms with Gasteiger partial charge in [-0.2, -0.15) is 0 Å². The Labute approximate surface area is 85.0 Å². The first-order valence-electron chi connectivity index (χ1n) is 4.41. The van der Waals surface area contributed by atoms with Crippen LogP contribution in [-0.2, 0) is 9.47 Å². The largest absolute Gasteiger partial charge is 0.497 e. The van der Waals surface area contributed by atoms with E-state index < -0.39 is 0 Å². The normalized spacial score (nSPS) is 11.4. The Hall–Kier alpha value is -1.40. The van der Waals surface area contributed by atoms with Crippen molar-refractivity contribution < 1.29 is 14.6 Å². The minimum Gasteiger partial charge on any atom is -0.497 e. The topological polar surface area (TPSA) is 38.7 Å². The molecular formula is C11H16O3. The molecular weight excluding hydrogens is 180 g/mol. The molecule has 0 atom stereocenters. The van der Waals surface area contributed by atoms with Gasteiger partial charge in [-0.3, -0.25) is 0 Å². The van der Waals surface area contributed by atoms with E-state index in [-0.39, 0.29) is 6.61 Å². The van der Waals surface area contributed by atoms with Crippen LogP contribution in [0, 0.1) is 12.3 Å². The summed E-state index contributed by atoms with van der Waals surface area (Å²) in [5, 5.41) is 8.39. The first-order chi connectivity index (χ1) is 6.81. The maximum absolute atomic E-state index is 8.39. The molecule has 0 aliphatic rings. The zero-order valence-electron chi connectivity index (χ0n) is 8.40. The molecule has 0 aliphatic carbocycles. The van der Waals surface area contributed by atoms with Crippen molar-refractivity contribution in [3.8, 4) is 12.3 Å². The molecule has 14 heavy (non-hydrogen) atoms. The fourth-order valence-corrected chi connectivity index (χ4v) is 0.662. The van der Waals surface area contributed by atoms with Crippen molar-refractivity contribution in [2.45, 2.75) is 13.3 Å². The maximum Gasteiger partial charge on any atom is 0.109 e. The molecule has 0 fully saturated rings. The van der Waals surface area contributed by atoms with E-state index in [0.29, 0.717) is 19.6 Å². The molecule has 0 rings (SSSR count). The summed E-state index contributed by atoms with van der Waals surface area (Å²) in [7, 11) is 0. The van der Waals surface area contributed by atoms with Gasteiger partial charge in [-0.1, -0.05) is 0 Å². The average molecular weight is 196 g/mol. The second kappa shape index (κ2) is 9.69. The second-order valence-electron chi connectivity index (χ2n) is 2.51. The third-order valence-corrected chi connectivity index (χ3v) is 1.34. The minimum absolute atomic E-state index is 0.0125. The zero-order valence-corrected chi connectivity index (χ0v) is 8.40. The molecule has 0 unspecified atom stereocenters. The van der Waals surface area contributed by atoms with Gasteiger partial charge in [0.2, 0.25) is 0 Å². The van der Waals surface area contributed by atoms with Crippen LogP contribution in [0.4, 0.5) is 0 Å². The number of aliphatic hydroxyl groups excluding tert-OH is 1. The highest BCUT2D eigenvalue weighted by Crippen LogP contribution is 1.96. The fourth-order valence-electron chi connectivity index (χ4n) is 0.662. The molecule has 3 heteroatoms. The third kappa shape index (κ3) is 8.69. The van der Waals surface area contributed by atoms with Crippen molar-refractivity contribution in [2.75, 3.05) is 19.8 Å². The maximum atomic E-state index is 8.39. The Balaban J connectivity index is 3.46. The van der Waals surface area contributed by atoms with E-state index in [1.807, 2.05) is 6.92 Å². The molecule has 0 saturated carbocycles. The van der Waals surface area contributed by atoms with Crippen LogP contribution in [0.2, 0.25) is 0 Å². The molecule has 0 spiro atoms. The molecule has 0 amide bonds. The van der Waals surface area contributed by atoms with Gasteiger partial charge in [0, 0.05) is 6.42 Å². The summed E-state index contributed by atoms with van der Waals surface area (Å²) in [6.45, 7) is 2.79. The van der Waals surface area contributed by atoms with Gasteiger partial charge < -0.3 is 14.6 Å². The molecule has 0 aromatic heterocycles. The van der Waals surface area contributed by atoms with Gasteiger partial charge in [-0.05, 0) is 19.1 Å². The number of hydrogen-bond acceptors (Lipinski definition) is 3. The van der Waals surface area contributed by atoms with Crippen LogP contribution < -0.4 is 0 Å². The van der Waals surface area contributed by atoms with Crippen LogP contribution in [0.5, 0.6) is 0 Å². The lowest BCUT2D eigenvalue weighted by atomic mass is 10.4. The van der Waals surface area contributed by atoms with Crippen LogP contribution in [-0.4, -0.2) is 24.9 Å². The quantitative estimate of drug-likeness (QED) is 0.380. The van der Waals surface area contributed by atoms with Crippen LogP contribution >= 0.6 is 0 Å². The van der Waals surface area contributed by atoms with Crippen molar-refractivity contribution in [3.05, 3.63) is 24.2 Å². The van der Waals surface area contributed by atoms with E-state index in [1.165, 1.54) is 12.3 Å². The third-order valence-electron chi connectivity index (χ3n) is 1.34. The van der Waals surface area contributed by atoms with E-state index in [2.05, 4.69) is 5.92 Å². The molecule has 0 heterocycles. The Kier molecular flexibility index (Phi) is 8.72. The molecule has 0 bridgehead atoms. The van der Waals surface area contributed by atoms with Gasteiger partial charge >= 0.3 is 0 Å². The first-order valence-corrected chi connectivity index (χ1v) is 4.41. The predicted molar refractivity (Wildman–Crippen MR) is 55.3 cm³/mol. The second-order valence-corrected chi connectivity index (χ2v) is 2.51. The molecule has 78 valence electrons. The summed E-state index contributed by atoms with van der Waals surface area (Å²) in [6.07, 6.45) is 10.4. The molecule has 1 N–H and O–H groups in total. The zero-order chi connectivity index (χ0) is 10.6. The lowest BCUT2D eigenvalue weighted by molar-refractivity contribution is 0.212.